The van der Waals surface area contributed by atoms with E-state index in [9.17, 15) is 0 Å². The van der Waals surface area contributed by atoms with Gasteiger partial charge in [-0.15, -0.1) is 11.3 Å². The van der Waals surface area contributed by atoms with Gasteiger partial charge >= 0.3 is 0 Å². The first-order valence-corrected chi connectivity index (χ1v) is 7.61. The first-order chi connectivity index (χ1) is 8.67. The van der Waals surface area contributed by atoms with Crippen LogP contribution in [0, 0.1) is 0 Å². The SMILES string of the molecule is CCc1ccc(C(CN)N(C)C2CCOC2C)s1. The second-order valence-corrected chi connectivity index (χ2v) is 6.21. The summed E-state index contributed by atoms with van der Waals surface area (Å²) in [5.74, 6) is 0. The van der Waals surface area contributed by atoms with Crippen LogP contribution in [0.4, 0.5) is 0 Å². The largest absolute Gasteiger partial charge is 0.377 e. The lowest BCUT2D eigenvalue weighted by molar-refractivity contribution is 0.0692. The topological polar surface area (TPSA) is 38.5 Å². The maximum Gasteiger partial charge on any atom is 0.0703 e. The average Bonchev–Trinajstić information content (AvgIpc) is 2.98. The molecular weight excluding hydrogens is 244 g/mol. The van der Waals surface area contributed by atoms with Gasteiger partial charge in [-0.05, 0) is 38.9 Å². The Labute approximate surface area is 114 Å². The second kappa shape index (κ2) is 6.15. The van der Waals surface area contributed by atoms with Crippen LogP contribution in [-0.4, -0.2) is 37.2 Å². The highest BCUT2D eigenvalue weighted by atomic mass is 32.1. The fraction of sp³-hybridized carbons (Fsp3) is 0.714. The summed E-state index contributed by atoms with van der Waals surface area (Å²) in [6.07, 6.45) is 2.53. The van der Waals surface area contributed by atoms with Crippen molar-refractivity contribution < 1.29 is 4.74 Å². The molecule has 4 heteroatoms. The van der Waals surface area contributed by atoms with E-state index in [0.717, 1.165) is 19.4 Å². The van der Waals surface area contributed by atoms with Gasteiger partial charge in [0, 0.05) is 28.9 Å². The number of ether oxygens (including phenoxy) is 1. The van der Waals surface area contributed by atoms with E-state index in [1.807, 2.05) is 11.3 Å². The summed E-state index contributed by atoms with van der Waals surface area (Å²) < 4.78 is 5.66. The van der Waals surface area contributed by atoms with Crippen LogP contribution >= 0.6 is 11.3 Å². The standard InChI is InChI=1S/C14H24N2OS/c1-4-11-5-6-14(18-11)13(9-15)16(3)12-7-8-17-10(12)2/h5-6,10,12-13H,4,7-9,15H2,1-3H3. The van der Waals surface area contributed by atoms with Gasteiger partial charge in [-0.1, -0.05) is 6.92 Å². The van der Waals surface area contributed by atoms with Gasteiger partial charge < -0.3 is 10.5 Å². The molecular formula is C14H24N2OS. The molecule has 1 saturated heterocycles. The smallest absolute Gasteiger partial charge is 0.0703 e. The van der Waals surface area contributed by atoms with Crippen molar-refractivity contribution >= 4 is 11.3 Å². The van der Waals surface area contributed by atoms with Gasteiger partial charge in [0.15, 0.2) is 0 Å². The lowest BCUT2D eigenvalue weighted by Crippen LogP contribution is -2.41. The summed E-state index contributed by atoms with van der Waals surface area (Å²) in [4.78, 5) is 5.23. The van der Waals surface area contributed by atoms with E-state index < -0.39 is 0 Å². The highest BCUT2D eigenvalue weighted by Gasteiger charge is 2.32. The lowest BCUT2D eigenvalue weighted by Gasteiger charge is -2.33. The van der Waals surface area contributed by atoms with Gasteiger partial charge in [0.2, 0.25) is 0 Å². The number of hydrogen-bond donors (Lipinski definition) is 1. The summed E-state index contributed by atoms with van der Waals surface area (Å²) in [5.41, 5.74) is 5.99. The van der Waals surface area contributed by atoms with E-state index in [2.05, 4.69) is 37.9 Å². The quantitative estimate of drug-likeness (QED) is 0.891. The average molecular weight is 268 g/mol. The number of nitrogens with zero attached hydrogens (tertiary/aromatic N) is 1. The third-order valence-corrected chi connectivity index (χ3v) is 5.26. The molecule has 102 valence electrons. The predicted octanol–water partition coefficient (Wildman–Crippen LogP) is 2.42. The van der Waals surface area contributed by atoms with Crippen molar-refractivity contribution in [1.29, 1.82) is 0 Å². The molecule has 2 heterocycles. The van der Waals surface area contributed by atoms with Crippen LogP contribution < -0.4 is 5.73 Å². The van der Waals surface area contributed by atoms with E-state index >= 15 is 0 Å². The monoisotopic (exact) mass is 268 g/mol. The van der Waals surface area contributed by atoms with Crippen molar-refractivity contribution in [3.8, 4) is 0 Å². The Morgan fingerprint density at radius 1 is 1.56 bits per heavy atom. The first-order valence-electron chi connectivity index (χ1n) is 6.79. The number of thiophene rings is 1. The number of likely N-dealkylation sites (N-methyl/N-ethyl adjacent to an activating group) is 1. The Bertz CT molecular complexity index is 380. The molecule has 1 aromatic rings. The predicted molar refractivity (Wildman–Crippen MR) is 77.1 cm³/mol. The van der Waals surface area contributed by atoms with Crippen molar-refractivity contribution in [2.45, 2.75) is 44.9 Å². The minimum absolute atomic E-state index is 0.314. The van der Waals surface area contributed by atoms with E-state index in [-0.39, 0.29) is 0 Å². The third kappa shape index (κ3) is 2.77. The highest BCUT2D eigenvalue weighted by molar-refractivity contribution is 7.12. The lowest BCUT2D eigenvalue weighted by atomic mass is 10.1. The van der Waals surface area contributed by atoms with Crippen LogP contribution in [0.5, 0.6) is 0 Å². The van der Waals surface area contributed by atoms with Gasteiger partial charge in [0.1, 0.15) is 0 Å². The van der Waals surface area contributed by atoms with Crippen LogP contribution in [-0.2, 0) is 11.2 Å². The first kappa shape index (κ1) is 14.0. The zero-order valence-corrected chi connectivity index (χ0v) is 12.4. The maximum absolute atomic E-state index is 5.99. The van der Waals surface area contributed by atoms with E-state index in [1.165, 1.54) is 9.75 Å². The normalized spacial score (nSPS) is 25.8. The molecule has 2 N–H and O–H groups in total. The Hall–Kier alpha value is -0.420. The molecule has 0 amide bonds. The van der Waals surface area contributed by atoms with Crippen molar-refractivity contribution in [3.63, 3.8) is 0 Å². The summed E-state index contributed by atoms with van der Waals surface area (Å²) >= 11 is 1.89. The summed E-state index contributed by atoms with van der Waals surface area (Å²) in [6, 6.07) is 5.28. The van der Waals surface area contributed by atoms with Crippen molar-refractivity contribution in [2.24, 2.45) is 5.73 Å². The molecule has 18 heavy (non-hydrogen) atoms. The van der Waals surface area contributed by atoms with Gasteiger partial charge in [0.05, 0.1) is 12.1 Å². The molecule has 0 aromatic carbocycles. The minimum Gasteiger partial charge on any atom is -0.377 e. The van der Waals surface area contributed by atoms with Crippen molar-refractivity contribution in [2.75, 3.05) is 20.2 Å². The number of rotatable bonds is 5. The van der Waals surface area contributed by atoms with Gasteiger partial charge in [-0.2, -0.15) is 0 Å². The van der Waals surface area contributed by atoms with Gasteiger partial charge in [-0.3, -0.25) is 4.90 Å². The zero-order chi connectivity index (χ0) is 13.1. The fourth-order valence-electron chi connectivity index (χ4n) is 2.73. The van der Waals surface area contributed by atoms with Crippen LogP contribution in [0.25, 0.3) is 0 Å². The summed E-state index contributed by atoms with van der Waals surface area (Å²) in [7, 11) is 2.18. The van der Waals surface area contributed by atoms with Crippen LogP contribution in [0.3, 0.4) is 0 Å². The molecule has 0 spiro atoms. The Kier molecular flexibility index (Phi) is 4.78. The molecule has 3 nitrogen and oxygen atoms in total. The van der Waals surface area contributed by atoms with Gasteiger partial charge in [-0.25, -0.2) is 0 Å². The van der Waals surface area contributed by atoms with Crippen molar-refractivity contribution in [3.05, 3.63) is 21.9 Å². The molecule has 3 atom stereocenters. The van der Waals surface area contributed by atoms with E-state index in [1.54, 1.807) is 0 Å². The molecule has 1 aliphatic heterocycles. The molecule has 3 unspecified atom stereocenters. The molecule has 1 aliphatic rings. The number of nitrogens with two attached hydrogens (primary N) is 1. The number of aryl methyl sites for hydroxylation is 1. The fourth-order valence-corrected chi connectivity index (χ4v) is 3.85. The molecule has 2 rings (SSSR count). The second-order valence-electron chi connectivity index (χ2n) is 5.01. The molecule has 0 radical (unpaired) electrons. The molecule has 0 saturated carbocycles. The number of hydrogen-bond acceptors (Lipinski definition) is 4. The Morgan fingerprint density at radius 2 is 2.33 bits per heavy atom. The Morgan fingerprint density at radius 3 is 2.83 bits per heavy atom. The van der Waals surface area contributed by atoms with Crippen molar-refractivity contribution in [1.82, 2.24) is 4.90 Å². The van der Waals surface area contributed by atoms with Crippen LogP contribution in [0.2, 0.25) is 0 Å². The van der Waals surface area contributed by atoms with E-state index in [4.69, 9.17) is 10.5 Å². The molecule has 1 aromatic heterocycles. The molecule has 0 aliphatic carbocycles. The van der Waals surface area contributed by atoms with E-state index in [0.29, 0.717) is 24.7 Å². The molecule has 0 bridgehead atoms. The summed E-state index contributed by atoms with van der Waals surface area (Å²) in [6.45, 7) is 5.90. The maximum atomic E-state index is 5.99. The highest BCUT2D eigenvalue weighted by Crippen LogP contribution is 2.31. The van der Waals surface area contributed by atoms with Crippen LogP contribution in [0.15, 0.2) is 12.1 Å². The Balaban J connectivity index is 2.12. The molecule has 1 fully saturated rings. The third-order valence-electron chi connectivity index (χ3n) is 3.93. The van der Waals surface area contributed by atoms with Gasteiger partial charge in [0.25, 0.3) is 0 Å². The summed E-state index contributed by atoms with van der Waals surface area (Å²) in [5, 5.41) is 0. The minimum atomic E-state index is 0.314. The van der Waals surface area contributed by atoms with Crippen LogP contribution in [0.1, 0.15) is 36.1 Å². The zero-order valence-electron chi connectivity index (χ0n) is 11.6.